The second-order valence-corrected chi connectivity index (χ2v) is 7.26. The van der Waals surface area contributed by atoms with Gasteiger partial charge in [0, 0.05) is 17.0 Å². The number of carbonyl (C=O) groups is 2. The molecule has 4 nitrogen and oxygen atoms in total. The highest BCUT2D eigenvalue weighted by atomic mass is 19.1. The lowest BCUT2D eigenvalue weighted by atomic mass is 9.72. The van der Waals surface area contributed by atoms with Crippen molar-refractivity contribution in [2.45, 2.75) is 32.6 Å². The summed E-state index contributed by atoms with van der Waals surface area (Å²) >= 11 is 0. The Morgan fingerprint density at radius 1 is 1.11 bits per heavy atom. The molecule has 1 aromatic heterocycles. The number of ketones is 1. The number of halogens is 1. The largest absolute Gasteiger partial charge is 0.449 e. The molecule has 0 bridgehead atoms. The molecular formula is C23H22FNO3. The van der Waals surface area contributed by atoms with Crippen LogP contribution in [0.4, 0.5) is 9.18 Å². The zero-order chi connectivity index (χ0) is 19.8. The van der Waals surface area contributed by atoms with E-state index in [0.29, 0.717) is 12.8 Å². The molecule has 0 radical (unpaired) electrons. The van der Waals surface area contributed by atoms with Gasteiger partial charge in [0.2, 0.25) is 0 Å². The van der Waals surface area contributed by atoms with E-state index in [9.17, 15) is 14.0 Å². The van der Waals surface area contributed by atoms with E-state index in [0.717, 1.165) is 27.7 Å². The summed E-state index contributed by atoms with van der Waals surface area (Å²) in [6.45, 7) is 3.68. The summed E-state index contributed by atoms with van der Waals surface area (Å²) in [6.07, 6.45) is 0.678. The minimum Gasteiger partial charge on any atom is -0.449 e. The van der Waals surface area contributed by atoms with Gasteiger partial charge in [0.25, 0.3) is 0 Å². The number of rotatable bonds is 3. The number of hydrogen-bond acceptors (Lipinski definition) is 3. The first-order valence-corrected chi connectivity index (χ1v) is 9.55. The highest BCUT2D eigenvalue weighted by Gasteiger charge is 2.37. The van der Waals surface area contributed by atoms with Gasteiger partial charge in [-0.05, 0) is 61.9 Å². The molecule has 0 saturated heterocycles. The summed E-state index contributed by atoms with van der Waals surface area (Å²) in [6, 6.07) is 14.0. The third-order valence-corrected chi connectivity index (χ3v) is 5.68. The van der Waals surface area contributed by atoms with Crippen molar-refractivity contribution in [1.82, 2.24) is 4.57 Å². The first-order valence-electron chi connectivity index (χ1n) is 9.55. The number of fused-ring (bicyclic) bond motifs is 3. The fourth-order valence-corrected chi connectivity index (χ4v) is 4.40. The van der Waals surface area contributed by atoms with Crippen LogP contribution in [-0.2, 0) is 22.4 Å². The predicted molar refractivity (Wildman–Crippen MR) is 105 cm³/mol. The molecule has 3 aromatic rings. The van der Waals surface area contributed by atoms with Crippen molar-refractivity contribution in [3.63, 3.8) is 0 Å². The second-order valence-electron chi connectivity index (χ2n) is 7.26. The Balaban J connectivity index is 1.89. The average Bonchev–Trinajstić information content (AvgIpc) is 3.01. The lowest BCUT2D eigenvalue weighted by molar-refractivity contribution is -0.121. The number of ether oxygens (including phenoxy) is 1. The van der Waals surface area contributed by atoms with Crippen LogP contribution < -0.4 is 0 Å². The van der Waals surface area contributed by atoms with Crippen molar-refractivity contribution in [3.8, 4) is 0 Å². The Morgan fingerprint density at radius 3 is 2.50 bits per heavy atom. The number of carbonyl (C=O) groups excluding carboxylic acids is 2. The molecule has 1 aliphatic carbocycles. The molecule has 0 saturated carbocycles. The van der Waals surface area contributed by atoms with Crippen LogP contribution in [0.2, 0.25) is 0 Å². The highest BCUT2D eigenvalue weighted by molar-refractivity contribution is 5.95. The summed E-state index contributed by atoms with van der Waals surface area (Å²) < 4.78 is 20.3. The van der Waals surface area contributed by atoms with Gasteiger partial charge in [0.1, 0.15) is 11.6 Å². The van der Waals surface area contributed by atoms with Crippen molar-refractivity contribution in [2.75, 3.05) is 6.61 Å². The van der Waals surface area contributed by atoms with Gasteiger partial charge in [0.05, 0.1) is 12.1 Å². The molecule has 1 heterocycles. The van der Waals surface area contributed by atoms with Crippen molar-refractivity contribution in [2.24, 2.45) is 5.92 Å². The topological polar surface area (TPSA) is 48.3 Å². The smallest absolute Gasteiger partial charge is 0.418 e. The van der Waals surface area contributed by atoms with Crippen LogP contribution in [0.3, 0.4) is 0 Å². The Bertz CT molecular complexity index is 1050. The monoisotopic (exact) mass is 379 g/mol. The molecule has 144 valence electrons. The SMILES string of the molecule is CCOC(=O)n1c2c(c3ccccc31)C[C@H](C(C)=O)[C@H](c1ccc(F)cc1)C2. The van der Waals surface area contributed by atoms with Crippen molar-refractivity contribution < 1.29 is 18.7 Å². The summed E-state index contributed by atoms with van der Waals surface area (Å²) in [5.74, 6) is -0.518. The molecule has 1 aliphatic rings. The summed E-state index contributed by atoms with van der Waals surface area (Å²) in [7, 11) is 0. The van der Waals surface area contributed by atoms with Crippen LogP contribution in [0, 0.1) is 11.7 Å². The molecule has 5 heteroatoms. The minimum atomic E-state index is -0.404. The maximum absolute atomic E-state index is 13.4. The van der Waals surface area contributed by atoms with Crippen molar-refractivity contribution >= 4 is 22.8 Å². The standard InChI is InChI=1S/C23H22FNO3/c1-3-28-23(27)25-21-7-5-4-6-17(21)20-12-18(14(2)26)19(13-22(20)25)15-8-10-16(24)11-9-15/h4-11,18-19H,3,12-13H2,1-2H3/t18-,19+/m1/s1. The molecule has 28 heavy (non-hydrogen) atoms. The molecule has 0 amide bonds. The first kappa shape index (κ1) is 18.4. The lowest BCUT2D eigenvalue weighted by Gasteiger charge is -2.31. The van der Waals surface area contributed by atoms with Crippen molar-refractivity contribution in [3.05, 3.63) is 71.2 Å². The van der Waals surface area contributed by atoms with Crippen LogP contribution >= 0.6 is 0 Å². The zero-order valence-electron chi connectivity index (χ0n) is 15.9. The Morgan fingerprint density at radius 2 is 1.82 bits per heavy atom. The van der Waals surface area contributed by atoms with Gasteiger partial charge in [-0.2, -0.15) is 0 Å². The number of hydrogen-bond donors (Lipinski definition) is 0. The third kappa shape index (κ3) is 3.01. The van der Waals surface area contributed by atoms with Crippen LogP contribution in [-0.4, -0.2) is 23.1 Å². The van der Waals surface area contributed by atoms with Gasteiger partial charge in [0.15, 0.2) is 0 Å². The lowest BCUT2D eigenvalue weighted by Crippen LogP contribution is -2.30. The summed E-state index contributed by atoms with van der Waals surface area (Å²) in [5.41, 5.74) is 3.62. The molecule has 0 N–H and O–H groups in total. The Hall–Kier alpha value is -2.95. The van der Waals surface area contributed by atoms with Crippen LogP contribution in [0.5, 0.6) is 0 Å². The van der Waals surface area contributed by atoms with E-state index >= 15 is 0 Å². The first-order chi connectivity index (χ1) is 13.5. The Labute approximate surface area is 162 Å². The molecule has 0 fully saturated rings. The number of Topliss-reactive ketones (excluding diaryl/α,β-unsaturated/α-hetero) is 1. The van der Waals surface area contributed by atoms with Gasteiger partial charge in [-0.1, -0.05) is 30.3 Å². The zero-order valence-corrected chi connectivity index (χ0v) is 15.9. The molecule has 4 rings (SSSR count). The van der Waals surface area contributed by atoms with Crippen LogP contribution in [0.1, 0.15) is 36.6 Å². The van der Waals surface area contributed by atoms with E-state index in [4.69, 9.17) is 4.74 Å². The van der Waals surface area contributed by atoms with Gasteiger partial charge < -0.3 is 4.74 Å². The third-order valence-electron chi connectivity index (χ3n) is 5.68. The van der Waals surface area contributed by atoms with E-state index in [1.54, 1.807) is 30.5 Å². The molecule has 2 aromatic carbocycles. The average molecular weight is 379 g/mol. The van der Waals surface area contributed by atoms with Crippen molar-refractivity contribution in [1.29, 1.82) is 0 Å². The summed E-state index contributed by atoms with van der Waals surface area (Å²) in [4.78, 5) is 25.2. The number of aromatic nitrogens is 1. The molecule has 2 atom stereocenters. The van der Waals surface area contributed by atoms with E-state index in [2.05, 4.69) is 0 Å². The number of nitrogens with zero attached hydrogens (tertiary/aromatic N) is 1. The number of para-hydroxylation sites is 1. The second kappa shape index (κ2) is 7.23. The van der Waals surface area contributed by atoms with Gasteiger partial charge in [-0.3, -0.25) is 4.79 Å². The van der Waals surface area contributed by atoms with Gasteiger partial charge >= 0.3 is 6.09 Å². The van der Waals surface area contributed by atoms with E-state index in [1.807, 2.05) is 24.3 Å². The molecule has 0 aliphatic heterocycles. The number of benzene rings is 2. The van der Waals surface area contributed by atoms with Crippen LogP contribution in [0.15, 0.2) is 48.5 Å². The predicted octanol–water partition coefficient (Wildman–Crippen LogP) is 4.87. The van der Waals surface area contributed by atoms with Gasteiger partial charge in [-0.25, -0.2) is 13.8 Å². The van der Waals surface area contributed by atoms with E-state index in [1.165, 1.54) is 12.1 Å². The molecular weight excluding hydrogens is 357 g/mol. The van der Waals surface area contributed by atoms with E-state index in [-0.39, 0.29) is 30.0 Å². The highest BCUT2D eigenvalue weighted by Crippen LogP contribution is 2.42. The maximum Gasteiger partial charge on any atom is 0.418 e. The summed E-state index contributed by atoms with van der Waals surface area (Å²) in [5, 5.41) is 0.981. The Kier molecular flexibility index (Phi) is 4.75. The molecule has 0 unspecified atom stereocenters. The van der Waals surface area contributed by atoms with E-state index < -0.39 is 6.09 Å². The maximum atomic E-state index is 13.4. The van der Waals surface area contributed by atoms with Gasteiger partial charge in [-0.15, -0.1) is 0 Å². The van der Waals surface area contributed by atoms with Crippen LogP contribution in [0.25, 0.3) is 10.9 Å². The fraction of sp³-hybridized carbons (Fsp3) is 0.304. The quantitative estimate of drug-likeness (QED) is 0.652. The minimum absolute atomic E-state index is 0.105. The molecule has 0 spiro atoms. The normalized spacial score (nSPS) is 18.7. The fourth-order valence-electron chi connectivity index (χ4n) is 4.40.